The molecule has 0 atom stereocenters. The minimum atomic E-state index is 0.310. The van der Waals surface area contributed by atoms with Crippen LogP contribution < -0.4 is 10.5 Å². The predicted molar refractivity (Wildman–Crippen MR) is 63.1 cm³/mol. The minimum Gasteiger partial charge on any atom is -0.467 e. The molecule has 1 aromatic heterocycles. The van der Waals surface area contributed by atoms with Gasteiger partial charge in [0.2, 0.25) is 0 Å². The summed E-state index contributed by atoms with van der Waals surface area (Å²) < 4.78 is 4.87. The molecule has 0 aliphatic carbocycles. The van der Waals surface area contributed by atoms with Crippen LogP contribution in [0.25, 0.3) is 11.1 Å². The Bertz CT molecular complexity index is 572. The Morgan fingerprint density at radius 2 is 1.94 bits per heavy atom. The van der Waals surface area contributed by atoms with Crippen LogP contribution in [0, 0.1) is 11.3 Å². The molecule has 0 unspecified atom stereocenters. The lowest BCUT2D eigenvalue weighted by Gasteiger charge is -2.04. The molecule has 17 heavy (non-hydrogen) atoms. The first-order valence-corrected chi connectivity index (χ1v) is 4.90. The van der Waals surface area contributed by atoms with E-state index in [0.29, 0.717) is 17.3 Å². The number of benzene rings is 1. The summed E-state index contributed by atoms with van der Waals surface area (Å²) in [6.45, 7) is 0. The number of rotatable bonds is 2. The van der Waals surface area contributed by atoms with E-state index in [9.17, 15) is 0 Å². The average Bonchev–Trinajstić information content (AvgIpc) is 2.39. The second-order valence-corrected chi connectivity index (χ2v) is 3.37. The van der Waals surface area contributed by atoms with Crippen LogP contribution in [-0.2, 0) is 0 Å². The molecule has 0 spiro atoms. The van der Waals surface area contributed by atoms with E-state index in [2.05, 4.69) is 9.97 Å². The molecular formula is C12H10N4O. The molecule has 0 saturated heterocycles. The molecule has 1 heterocycles. The van der Waals surface area contributed by atoms with E-state index in [0.717, 1.165) is 11.1 Å². The van der Waals surface area contributed by atoms with Crippen molar-refractivity contribution in [2.45, 2.75) is 0 Å². The van der Waals surface area contributed by atoms with Crippen molar-refractivity contribution in [3.63, 3.8) is 0 Å². The summed E-state index contributed by atoms with van der Waals surface area (Å²) in [5.74, 6) is 0. The van der Waals surface area contributed by atoms with Gasteiger partial charge in [0.25, 0.3) is 0 Å². The summed E-state index contributed by atoms with van der Waals surface area (Å²) in [5.41, 5.74) is 8.21. The smallest absolute Gasteiger partial charge is 0.316 e. The van der Waals surface area contributed by atoms with Gasteiger partial charge in [0, 0.05) is 23.6 Å². The Balaban J connectivity index is 2.43. The highest BCUT2D eigenvalue weighted by molar-refractivity contribution is 5.68. The lowest BCUT2D eigenvalue weighted by Crippen LogP contribution is -1.93. The molecule has 2 aromatic rings. The fourth-order valence-corrected chi connectivity index (χ4v) is 1.40. The van der Waals surface area contributed by atoms with Gasteiger partial charge in [-0.05, 0) is 17.7 Å². The molecule has 0 fully saturated rings. The van der Waals surface area contributed by atoms with Crippen LogP contribution in [0.4, 0.5) is 5.69 Å². The third kappa shape index (κ3) is 2.16. The van der Waals surface area contributed by atoms with Gasteiger partial charge in [-0.3, -0.25) is 0 Å². The maximum absolute atomic E-state index is 8.89. The van der Waals surface area contributed by atoms with E-state index < -0.39 is 0 Å². The number of anilines is 1. The molecule has 0 amide bonds. The summed E-state index contributed by atoms with van der Waals surface area (Å²) in [6.07, 6.45) is 3.27. The second-order valence-electron chi connectivity index (χ2n) is 3.37. The first-order chi connectivity index (χ1) is 8.24. The summed E-state index contributed by atoms with van der Waals surface area (Å²) >= 11 is 0. The maximum Gasteiger partial charge on any atom is 0.316 e. The first-order valence-electron chi connectivity index (χ1n) is 4.90. The Morgan fingerprint density at radius 3 is 2.53 bits per heavy atom. The van der Waals surface area contributed by atoms with Crippen LogP contribution in [0.2, 0.25) is 0 Å². The van der Waals surface area contributed by atoms with Crippen LogP contribution >= 0.6 is 0 Å². The van der Waals surface area contributed by atoms with Crippen molar-refractivity contribution in [1.82, 2.24) is 9.97 Å². The third-order valence-electron chi connectivity index (χ3n) is 2.32. The molecule has 84 valence electrons. The topological polar surface area (TPSA) is 84.8 Å². The van der Waals surface area contributed by atoms with Gasteiger partial charge in [-0.1, -0.05) is 6.07 Å². The van der Waals surface area contributed by atoms with E-state index in [-0.39, 0.29) is 0 Å². The predicted octanol–water partition coefficient (Wildman–Crippen LogP) is 1.61. The highest BCUT2D eigenvalue weighted by Gasteiger charge is 2.04. The van der Waals surface area contributed by atoms with Gasteiger partial charge >= 0.3 is 6.01 Å². The molecule has 0 aliphatic rings. The Hall–Kier alpha value is -2.61. The first kappa shape index (κ1) is 10.9. The molecule has 1 aromatic carbocycles. The number of methoxy groups -OCH3 is 1. The van der Waals surface area contributed by atoms with Gasteiger partial charge in [0.05, 0.1) is 12.7 Å². The third-order valence-corrected chi connectivity index (χ3v) is 2.32. The highest BCUT2D eigenvalue weighted by Crippen LogP contribution is 2.22. The van der Waals surface area contributed by atoms with Gasteiger partial charge < -0.3 is 10.5 Å². The molecule has 0 bridgehead atoms. The number of nitriles is 1. The van der Waals surface area contributed by atoms with Crippen LogP contribution in [0.15, 0.2) is 30.6 Å². The van der Waals surface area contributed by atoms with Crippen LogP contribution in [0.3, 0.4) is 0 Å². The Labute approximate surface area is 98.5 Å². The average molecular weight is 226 g/mol. The summed E-state index contributed by atoms with van der Waals surface area (Å²) in [4.78, 5) is 8.01. The van der Waals surface area contributed by atoms with Crippen molar-refractivity contribution in [2.75, 3.05) is 12.8 Å². The fourth-order valence-electron chi connectivity index (χ4n) is 1.40. The zero-order chi connectivity index (χ0) is 12.3. The van der Waals surface area contributed by atoms with Crippen molar-refractivity contribution in [2.24, 2.45) is 0 Å². The van der Waals surface area contributed by atoms with Crippen LogP contribution in [0.5, 0.6) is 6.01 Å². The minimum absolute atomic E-state index is 0.310. The lowest BCUT2D eigenvalue weighted by atomic mass is 10.1. The van der Waals surface area contributed by atoms with E-state index in [1.54, 1.807) is 24.5 Å². The molecular weight excluding hydrogens is 216 g/mol. The van der Waals surface area contributed by atoms with Gasteiger partial charge in [0.15, 0.2) is 0 Å². The number of nitrogens with two attached hydrogens (primary N) is 1. The zero-order valence-corrected chi connectivity index (χ0v) is 9.21. The Kier molecular flexibility index (Phi) is 2.88. The number of nitrogens with zero attached hydrogens (tertiary/aromatic N) is 3. The van der Waals surface area contributed by atoms with Gasteiger partial charge in [-0.25, -0.2) is 9.97 Å². The van der Waals surface area contributed by atoms with Crippen LogP contribution in [-0.4, -0.2) is 17.1 Å². The van der Waals surface area contributed by atoms with Crippen LogP contribution in [0.1, 0.15) is 5.56 Å². The number of ether oxygens (including phenoxy) is 1. The lowest BCUT2D eigenvalue weighted by molar-refractivity contribution is 0.380. The zero-order valence-electron chi connectivity index (χ0n) is 9.21. The molecule has 2 N–H and O–H groups in total. The van der Waals surface area contributed by atoms with E-state index in [1.165, 1.54) is 7.11 Å². The highest BCUT2D eigenvalue weighted by atomic mass is 16.5. The normalized spacial score (nSPS) is 9.65. The number of hydrogen-bond donors (Lipinski definition) is 1. The molecule has 5 nitrogen and oxygen atoms in total. The summed E-state index contributed by atoms with van der Waals surface area (Å²) in [7, 11) is 1.51. The monoisotopic (exact) mass is 226 g/mol. The van der Waals surface area contributed by atoms with Crippen molar-refractivity contribution in [3.8, 4) is 23.2 Å². The fraction of sp³-hybridized carbons (Fsp3) is 0.0833. The summed E-state index contributed by atoms with van der Waals surface area (Å²) in [5, 5.41) is 8.89. The second kappa shape index (κ2) is 4.49. The molecule has 0 aliphatic heterocycles. The van der Waals surface area contributed by atoms with Crippen molar-refractivity contribution in [3.05, 3.63) is 36.2 Å². The summed E-state index contributed by atoms with van der Waals surface area (Å²) in [6, 6.07) is 7.57. The number of nitrogen functional groups attached to an aromatic ring is 1. The van der Waals surface area contributed by atoms with E-state index in [4.69, 9.17) is 15.7 Å². The Morgan fingerprint density at radius 1 is 1.24 bits per heavy atom. The SMILES string of the molecule is COc1ncc(-c2ccc(N)c(C#N)c2)cn1. The molecule has 0 radical (unpaired) electrons. The number of aromatic nitrogens is 2. The number of hydrogen-bond acceptors (Lipinski definition) is 5. The van der Waals surface area contributed by atoms with Crippen molar-refractivity contribution in [1.29, 1.82) is 5.26 Å². The van der Waals surface area contributed by atoms with E-state index in [1.807, 2.05) is 12.1 Å². The van der Waals surface area contributed by atoms with Gasteiger partial charge in [-0.15, -0.1) is 0 Å². The van der Waals surface area contributed by atoms with Gasteiger partial charge in [0.1, 0.15) is 6.07 Å². The standard InChI is InChI=1S/C12H10N4O/c1-17-12-15-6-10(7-16-12)8-2-3-11(14)9(4-8)5-13/h2-4,6-7H,14H2,1H3. The molecule has 2 rings (SSSR count). The quantitative estimate of drug-likeness (QED) is 0.786. The van der Waals surface area contributed by atoms with Crippen molar-refractivity contribution >= 4 is 5.69 Å². The molecule has 5 heteroatoms. The van der Waals surface area contributed by atoms with Gasteiger partial charge in [-0.2, -0.15) is 5.26 Å². The van der Waals surface area contributed by atoms with E-state index >= 15 is 0 Å². The maximum atomic E-state index is 8.89. The largest absolute Gasteiger partial charge is 0.467 e. The molecule has 0 saturated carbocycles. The van der Waals surface area contributed by atoms with Crippen molar-refractivity contribution < 1.29 is 4.74 Å².